The van der Waals surface area contributed by atoms with Crippen LogP contribution in [0.3, 0.4) is 0 Å². The zero-order valence-electron chi connectivity index (χ0n) is 14.9. The van der Waals surface area contributed by atoms with Gasteiger partial charge in [-0.15, -0.1) is 0 Å². The summed E-state index contributed by atoms with van der Waals surface area (Å²) in [4.78, 5) is 14.3. The summed E-state index contributed by atoms with van der Waals surface area (Å²) < 4.78 is 5.54. The van der Waals surface area contributed by atoms with Gasteiger partial charge in [-0.3, -0.25) is 4.79 Å². The molecule has 1 aliphatic rings. The van der Waals surface area contributed by atoms with Crippen LogP contribution in [0.25, 0.3) is 0 Å². The van der Waals surface area contributed by atoms with Crippen molar-refractivity contribution in [2.45, 2.75) is 19.3 Å². The molecular formula is C20H18Cl5NO2. The number of likely N-dealkylation sites (tertiary alicyclic amines) is 1. The van der Waals surface area contributed by atoms with Gasteiger partial charge in [-0.1, -0.05) is 88.3 Å². The van der Waals surface area contributed by atoms with Gasteiger partial charge in [-0.25, -0.2) is 0 Å². The van der Waals surface area contributed by atoms with Crippen molar-refractivity contribution in [3.8, 4) is 5.75 Å². The Morgan fingerprint density at radius 3 is 2.00 bits per heavy atom. The average Bonchev–Trinajstić information content (AvgIpc) is 2.72. The standard InChI is InChI=1S/C20H18Cl5NO2/c21-15-16(22)18(24)20(19(25)17(15)23)28-11-14(27)26-8-6-13(7-9-26)10-12-4-2-1-3-5-12/h1-5,13H,6-11H2. The van der Waals surface area contributed by atoms with Crippen LogP contribution in [0.2, 0.25) is 25.1 Å². The Balaban J connectivity index is 1.54. The van der Waals surface area contributed by atoms with Gasteiger partial charge in [0.15, 0.2) is 12.4 Å². The predicted octanol–water partition coefficient (Wildman–Crippen LogP) is 6.81. The molecule has 3 rings (SSSR count). The quantitative estimate of drug-likeness (QED) is 0.347. The number of nitrogens with zero attached hydrogens (tertiary/aromatic N) is 1. The summed E-state index contributed by atoms with van der Waals surface area (Å²) in [6.45, 7) is 1.20. The lowest BCUT2D eigenvalue weighted by Gasteiger charge is -2.32. The normalized spacial score (nSPS) is 15.0. The fraction of sp³-hybridized carbons (Fsp3) is 0.350. The fourth-order valence-electron chi connectivity index (χ4n) is 3.27. The molecule has 1 saturated heterocycles. The first-order valence-corrected chi connectivity index (χ1v) is 10.7. The Bertz CT molecular complexity index is 822. The van der Waals surface area contributed by atoms with Crippen LogP contribution in [0.15, 0.2) is 30.3 Å². The van der Waals surface area contributed by atoms with E-state index in [0.29, 0.717) is 19.0 Å². The van der Waals surface area contributed by atoms with Crippen molar-refractivity contribution in [1.29, 1.82) is 0 Å². The Morgan fingerprint density at radius 1 is 0.893 bits per heavy atom. The smallest absolute Gasteiger partial charge is 0.260 e. The van der Waals surface area contributed by atoms with Crippen molar-refractivity contribution in [1.82, 2.24) is 4.90 Å². The zero-order chi connectivity index (χ0) is 20.3. The second kappa shape index (κ2) is 9.77. The number of carbonyl (C=O) groups excluding carboxylic acids is 1. The predicted molar refractivity (Wildman–Crippen MR) is 116 cm³/mol. The molecule has 0 bridgehead atoms. The first-order valence-electron chi connectivity index (χ1n) is 8.84. The van der Waals surface area contributed by atoms with Gasteiger partial charge < -0.3 is 9.64 Å². The molecule has 0 atom stereocenters. The highest BCUT2D eigenvalue weighted by Crippen LogP contribution is 2.48. The van der Waals surface area contributed by atoms with E-state index in [2.05, 4.69) is 24.3 Å². The molecule has 3 nitrogen and oxygen atoms in total. The maximum Gasteiger partial charge on any atom is 0.260 e. The molecular weight excluding hydrogens is 463 g/mol. The van der Waals surface area contributed by atoms with Gasteiger partial charge in [-0.05, 0) is 30.7 Å². The van der Waals surface area contributed by atoms with Crippen LogP contribution in [0.1, 0.15) is 18.4 Å². The monoisotopic (exact) mass is 479 g/mol. The first kappa shape index (κ1) is 21.9. The number of amides is 1. The molecule has 1 heterocycles. The lowest BCUT2D eigenvalue weighted by molar-refractivity contribution is -0.134. The molecule has 0 radical (unpaired) electrons. The highest BCUT2D eigenvalue weighted by atomic mass is 35.5. The molecule has 150 valence electrons. The lowest BCUT2D eigenvalue weighted by atomic mass is 9.90. The van der Waals surface area contributed by atoms with Gasteiger partial charge in [0.1, 0.15) is 10.0 Å². The van der Waals surface area contributed by atoms with Crippen molar-refractivity contribution < 1.29 is 9.53 Å². The molecule has 28 heavy (non-hydrogen) atoms. The summed E-state index contributed by atoms with van der Waals surface area (Å²) in [6, 6.07) is 10.4. The minimum absolute atomic E-state index is 0.0374. The largest absolute Gasteiger partial charge is 0.481 e. The fourth-order valence-corrected chi connectivity index (χ4v) is 4.50. The number of carbonyl (C=O) groups is 1. The highest BCUT2D eigenvalue weighted by molar-refractivity contribution is 6.55. The summed E-state index contributed by atoms with van der Waals surface area (Å²) in [5.41, 5.74) is 1.33. The molecule has 0 aromatic heterocycles. The summed E-state index contributed by atoms with van der Waals surface area (Å²) in [6.07, 6.45) is 2.95. The van der Waals surface area contributed by atoms with E-state index in [4.69, 9.17) is 62.7 Å². The molecule has 0 N–H and O–H groups in total. The van der Waals surface area contributed by atoms with Crippen molar-refractivity contribution in [3.63, 3.8) is 0 Å². The summed E-state index contributed by atoms with van der Waals surface area (Å²) in [5, 5.41) is 0.215. The SMILES string of the molecule is O=C(COc1c(Cl)c(Cl)c(Cl)c(Cl)c1Cl)N1CCC(Cc2ccccc2)CC1. The maximum absolute atomic E-state index is 12.5. The Kier molecular flexibility index (Phi) is 7.63. The third-order valence-corrected chi connectivity index (χ3v) is 7.09. The van der Waals surface area contributed by atoms with Gasteiger partial charge >= 0.3 is 0 Å². The van der Waals surface area contributed by atoms with Crippen LogP contribution >= 0.6 is 58.0 Å². The number of benzene rings is 2. The molecule has 1 fully saturated rings. The van der Waals surface area contributed by atoms with Gasteiger partial charge in [0, 0.05) is 13.1 Å². The van der Waals surface area contributed by atoms with E-state index in [1.165, 1.54) is 5.56 Å². The van der Waals surface area contributed by atoms with Gasteiger partial charge in [0.2, 0.25) is 0 Å². The van der Waals surface area contributed by atoms with Gasteiger partial charge in [-0.2, -0.15) is 0 Å². The highest BCUT2D eigenvalue weighted by Gasteiger charge is 2.25. The van der Waals surface area contributed by atoms with E-state index in [1.54, 1.807) is 4.90 Å². The Hall–Kier alpha value is -0.840. The molecule has 2 aromatic carbocycles. The zero-order valence-corrected chi connectivity index (χ0v) is 18.6. The summed E-state index contributed by atoms with van der Waals surface area (Å²) >= 11 is 30.3. The molecule has 1 aliphatic heterocycles. The first-order chi connectivity index (χ1) is 13.4. The van der Waals surface area contributed by atoms with E-state index in [0.717, 1.165) is 19.3 Å². The molecule has 2 aromatic rings. The molecule has 0 unspecified atom stereocenters. The molecule has 0 aliphatic carbocycles. The molecule has 8 heteroatoms. The average molecular weight is 482 g/mol. The van der Waals surface area contributed by atoms with Crippen molar-refractivity contribution in [2.24, 2.45) is 5.92 Å². The molecule has 0 spiro atoms. The van der Waals surface area contributed by atoms with Crippen LogP contribution in [0, 0.1) is 5.92 Å². The van der Waals surface area contributed by atoms with E-state index >= 15 is 0 Å². The molecule has 1 amide bonds. The topological polar surface area (TPSA) is 29.5 Å². The second-order valence-corrected chi connectivity index (χ2v) is 8.59. The van der Waals surface area contributed by atoms with Crippen molar-refractivity contribution in [2.75, 3.05) is 19.7 Å². The number of rotatable bonds is 5. The van der Waals surface area contributed by atoms with Gasteiger partial charge in [0.25, 0.3) is 5.91 Å². The third kappa shape index (κ3) is 5.01. The molecule has 0 saturated carbocycles. The number of hydrogen-bond donors (Lipinski definition) is 0. The summed E-state index contributed by atoms with van der Waals surface area (Å²) in [5.74, 6) is 0.507. The minimum atomic E-state index is -0.197. The number of halogens is 5. The lowest BCUT2D eigenvalue weighted by Crippen LogP contribution is -2.41. The third-order valence-electron chi connectivity index (χ3n) is 4.84. The van der Waals surface area contributed by atoms with Crippen LogP contribution in [-0.4, -0.2) is 30.5 Å². The van der Waals surface area contributed by atoms with E-state index in [1.807, 2.05) is 6.07 Å². The van der Waals surface area contributed by atoms with Crippen molar-refractivity contribution >= 4 is 63.9 Å². The van der Waals surface area contributed by atoms with Crippen LogP contribution in [0.4, 0.5) is 0 Å². The van der Waals surface area contributed by atoms with E-state index in [-0.39, 0.29) is 43.4 Å². The number of piperidine rings is 1. The van der Waals surface area contributed by atoms with Crippen LogP contribution in [-0.2, 0) is 11.2 Å². The van der Waals surface area contributed by atoms with Gasteiger partial charge in [0.05, 0.1) is 15.1 Å². The summed E-state index contributed by atoms with van der Waals surface area (Å²) in [7, 11) is 0. The maximum atomic E-state index is 12.5. The minimum Gasteiger partial charge on any atom is -0.481 e. The number of ether oxygens (including phenoxy) is 1. The Labute approximate surface area is 189 Å². The van der Waals surface area contributed by atoms with Crippen molar-refractivity contribution in [3.05, 3.63) is 61.0 Å². The second-order valence-electron chi connectivity index (χ2n) is 6.70. The van der Waals surface area contributed by atoms with Crippen LogP contribution in [0.5, 0.6) is 5.75 Å². The van der Waals surface area contributed by atoms with E-state index < -0.39 is 0 Å². The van der Waals surface area contributed by atoms with E-state index in [9.17, 15) is 4.79 Å². The Morgan fingerprint density at radius 2 is 1.43 bits per heavy atom. The van der Waals surface area contributed by atoms with Crippen LogP contribution < -0.4 is 4.74 Å². The number of hydrogen-bond acceptors (Lipinski definition) is 2.